The molecule has 0 saturated carbocycles. The Morgan fingerprint density at radius 3 is 2.71 bits per heavy atom. The molecule has 0 spiro atoms. The number of nitrogens with zero attached hydrogens (tertiary/aromatic N) is 1. The highest BCUT2D eigenvalue weighted by molar-refractivity contribution is 9.10. The van der Waals surface area contributed by atoms with Crippen LogP contribution in [0.25, 0.3) is 0 Å². The Kier molecular flexibility index (Phi) is 3.47. The molecule has 0 bridgehead atoms. The summed E-state index contributed by atoms with van der Waals surface area (Å²) >= 11 is 3.25. The lowest BCUT2D eigenvalue weighted by molar-refractivity contribution is 0.464. The Morgan fingerprint density at radius 1 is 1.47 bits per heavy atom. The first-order chi connectivity index (χ1) is 7.91. The Balaban J connectivity index is 2.35. The van der Waals surface area contributed by atoms with Gasteiger partial charge in [0.05, 0.1) is 4.90 Å². The monoisotopic (exact) mass is 318 g/mol. The summed E-state index contributed by atoms with van der Waals surface area (Å²) in [5, 5.41) is 0. The molecule has 1 aromatic carbocycles. The Bertz CT molecular complexity index is 530. The molecule has 1 atom stereocenters. The Morgan fingerprint density at radius 2 is 2.18 bits per heavy atom. The Hall–Kier alpha value is -0.590. The number of rotatable bonds is 2. The van der Waals surface area contributed by atoms with Gasteiger partial charge in [-0.1, -0.05) is 6.92 Å². The number of hydrogen-bond donors (Lipinski definition) is 1. The normalized spacial score (nSPS) is 21.9. The zero-order valence-corrected chi connectivity index (χ0v) is 12.0. The topological polar surface area (TPSA) is 63.4 Å². The molecule has 6 heteroatoms. The number of anilines is 1. The predicted octanol–water partition coefficient (Wildman–Crippen LogP) is 2.06. The minimum atomic E-state index is -3.36. The van der Waals surface area contributed by atoms with Crippen LogP contribution in [0.3, 0.4) is 0 Å². The van der Waals surface area contributed by atoms with Crippen molar-refractivity contribution in [2.75, 3.05) is 18.8 Å². The number of nitrogens with two attached hydrogens (primary N) is 1. The summed E-state index contributed by atoms with van der Waals surface area (Å²) < 4.78 is 26.8. The summed E-state index contributed by atoms with van der Waals surface area (Å²) in [5.74, 6) is 0.432. The fourth-order valence-electron chi connectivity index (χ4n) is 1.93. The van der Waals surface area contributed by atoms with Gasteiger partial charge in [-0.3, -0.25) is 0 Å². The zero-order chi connectivity index (χ0) is 12.6. The highest BCUT2D eigenvalue weighted by atomic mass is 79.9. The van der Waals surface area contributed by atoms with Crippen LogP contribution in [0.5, 0.6) is 0 Å². The lowest BCUT2D eigenvalue weighted by atomic mass is 10.2. The highest BCUT2D eigenvalue weighted by Gasteiger charge is 2.30. The third-order valence-corrected chi connectivity index (χ3v) is 5.54. The molecule has 1 aliphatic heterocycles. The molecule has 2 N–H and O–H groups in total. The van der Waals surface area contributed by atoms with E-state index < -0.39 is 10.0 Å². The summed E-state index contributed by atoms with van der Waals surface area (Å²) in [5.41, 5.74) is 6.19. The van der Waals surface area contributed by atoms with Crippen LogP contribution in [0.2, 0.25) is 0 Å². The number of halogens is 1. The summed E-state index contributed by atoms with van der Waals surface area (Å²) in [6, 6.07) is 4.72. The van der Waals surface area contributed by atoms with Crippen molar-refractivity contribution in [2.24, 2.45) is 5.92 Å². The van der Waals surface area contributed by atoms with E-state index in [2.05, 4.69) is 22.9 Å². The molecule has 4 nitrogen and oxygen atoms in total. The first-order valence-corrected chi connectivity index (χ1v) is 7.70. The summed E-state index contributed by atoms with van der Waals surface area (Å²) in [6.45, 7) is 3.27. The highest BCUT2D eigenvalue weighted by Crippen LogP contribution is 2.28. The molecule has 0 radical (unpaired) electrons. The van der Waals surface area contributed by atoms with Crippen molar-refractivity contribution in [3.8, 4) is 0 Å². The number of nitrogen functional groups attached to an aromatic ring is 1. The van der Waals surface area contributed by atoms with Gasteiger partial charge in [0.1, 0.15) is 0 Å². The molecule has 17 heavy (non-hydrogen) atoms. The van der Waals surface area contributed by atoms with Crippen molar-refractivity contribution in [1.29, 1.82) is 0 Å². The van der Waals surface area contributed by atoms with Crippen LogP contribution in [0, 0.1) is 5.92 Å². The van der Waals surface area contributed by atoms with Crippen LogP contribution in [-0.2, 0) is 10.0 Å². The molecule has 1 saturated heterocycles. The molecule has 0 aliphatic carbocycles. The largest absolute Gasteiger partial charge is 0.398 e. The minimum absolute atomic E-state index is 0.299. The molecular formula is C11H15BrN2O2S. The second kappa shape index (κ2) is 4.59. The SMILES string of the molecule is CC1CCN(S(=O)(=O)c2ccc(N)c(Br)c2)C1. The van der Waals surface area contributed by atoms with Crippen molar-refractivity contribution < 1.29 is 8.42 Å². The van der Waals surface area contributed by atoms with E-state index in [4.69, 9.17) is 5.73 Å². The van der Waals surface area contributed by atoms with E-state index in [1.165, 1.54) is 4.31 Å². The average Bonchev–Trinajstić information content (AvgIpc) is 2.69. The maximum atomic E-state index is 12.3. The van der Waals surface area contributed by atoms with Crippen LogP contribution in [-0.4, -0.2) is 25.8 Å². The van der Waals surface area contributed by atoms with E-state index in [0.717, 1.165) is 6.42 Å². The Labute approximate surface area is 110 Å². The molecule has 1 unspecified atom stereocenters. The van der Waals surface area contributed by atoms with Crippen LogP contribution < -0.4 is 5.73 Å². The van der Waals surface area contributed by atoms with E-state index in [-0.39, 0.29) is 0 Å². The van der Waals surface area contributed by atoms with E-state index >= 15 is 0 Å². The van der Waals surface area contributed by atoms with Crippen molar-refractivity contribution >= 4 is 31.6 Å². The maximum absolute atomic E-state index is 12.3. The van der Waals surface area contributed by atoms with Crippen molar-refractivity contribution in [1.82, 2.24) is 4.31 Å². The van der Waals surface area contributed by atoms with Gasteiger partial charge in [-0.15, -0.1) is 0 Å². The molecule has 1 fully saturated rings. The predicted molar refractivity (Wildman–Crippen MR) is 71.1 cm³/mol. The van der Waals surface area contributed by atoms with Crippen LogP contribution in [0.1, 0.15) is 13.3 Å². The zero-order valence-electron chi connectivity index (χ0n) is 9.56. The third-order valence-electron chi connectivity index (χ3n) is 3.00. The lowest BCUT2D eigenvalue weighted by Gasteiger charge is -2.16. The summed E-state index contributed by atoms with van der Waals surface area (Å²) in [6.07, 6.45) is 0.926. The van der Waals surface area contributed by atoms with E-state index in [1.807, 2.05) is 0 Å². The standard InChI is InChI=1S/C11H15BrN2O2S/c1-8-4-5-14(7-8)17(15,16)9-2-3-11(13)10(12)6-9/h2-3,6,8H,4-5,7,13H2,1H3. The molecule has 1 aromatic rings. The van der Waals surface area contributed by atoms with Gasteiger partial charge in [-0.25, -0.2) is 8.42 Å². The van der Waals surface area contributed by atoms with Gasteiger partial charge in [0.2, 0.25) is 10.0 Å². The van der Waals surface area contributed by atoms with Gasteiger partial charge in [0.15, 0.2) is 0 Å². The first kappa shape index (κ1) is 12.9. The second-order valence-electron chi connectivity index (χ2n) is 4.44. The number of benzene rings is 1. The molecule has 1 aliphatic rings. The quantitative estimate of drug-likeness (QED) is 0.849. The molecular weight excluding hydrogens is 304 g/mol. The van der Waals surface area contributed by atoms with Crippen molar-refractivity contribution in [2.45, 2.75) is 18.2 Å². The van der Waals surface area contributed by atoms with Gasteiger partial charge in [-0.05, 0) is 46.5 Å². The van der Waals surface area contributed by atoms with Gasteiger partial charge in [0.25, 0.3) is 0 Å². The van der Waals surface area contributed by atoms with Crippen LogP contribution in [0.15, 0.2) is 27.6 Å². The van der Waals surface area contributed by atoms with Crippen molar-refractivity contribution in [3.05, 3.63) is 22.7 Å². The van der Waals surface area contributed by atoms with Crippen LogP contribution >= 0.6 is 15.9 Å². The smallest absolute Gasteiger partial charge is 0.243 e. The van der Waals surface area contributed by atoms with E-state index in [1.54, 1.807) is 18.2 Å². The maximum Gasteiger partial charge on any atom is 0.243 e. The van der Waals surface area contributed by atoms with E-state index in [0.29, 0.717) is 34.1 Å². The van der Waals surface area contributed by atoms with Gasteiger partial charge < -0.3 is 5.73 Å². The fourth-order valence-corrected chi connectivity index (χ4v) is 4.06. The third kappa shape index (κ3) is 2.48. The lowest BCUT2D eigenvalue weighted by Crippen LogP contribution is -2.28. The van der Waals surface area contributed by atoms with Gasteiger partial charge >= 0.3 is 0 Å². The van der Waals surface area contributed by atoms with Gasteiger partial charge in [-0.2, -0.15) is 4.31 Å². The number of sulfonamides is 1. The summed E-state index contributed by atoms with van der Waals surface area (Å²) in [7, 11) is -3.36. The first-order valence-electron chi connectivity index (χ1n) is 5.46. The summed E-state index contributed by atoms with van der Waals surface area (Å²) in [4.78, 5) is 0.299. The molecule has 0 amide bonds. The molecule has 0 aromatic heterocycles. The van der Waals surface area contributed by atoms with Crippen LogP contribution in [0.4, 0.5) is 5.69 Å². The minimum Gasteiger partial charge on any atom is -0.398 e. The fraction of sp³-hybridized carbons (Fsp3) is 0.455. The second-order valence-corrected chi connectivity index (χ2v) is 7.23. The average molecular weight is 319 g/mol. The molecule has 2 rings (SSSR count). The van der Waals surface area contributed by atoms with Crippen molar-refractivity contribution in [3.63, 3.8) is 0 Å². The van der Waals surface area contributed by atoms with E-state index in [9.17, 15) is 8.42 Å². The molecule has 1 heterocycles. The molecule has 94 valence electrons. The number of hydrogen-bond acceptors (Lipinski definition) is 3. The van der Waals surface area contributed by atoms with Gasteiger partial charge in [0, 0.05) is 23.2 Å².